The van der Waals surface area contributed by atoms with Gasteiger partial charge in [-0.2, -0.15) is 0 Å². The molecule has 0 aliphatic heterocycles. The third-order valence-corrected chi connectivity index (χ3v) is 6.97. The molecule has 1 aliphatic rings. The lowest BCUT2D eigenvalue weighted by Gasteiger charge is -2.11. The monoisotopic (exact) mass is 562 g/mol. The molecule has 176 valence electrons. The van der Waals surface area contributed by atoms with Gasteiger partial charge >= 0.3 is 0 Å². The summed E-state index contributed by atoms with van der Waals surface area (Å²) in [5, 5.41) is 5.54. The van der Waals surface area contributed by atoms with Gasteiger partial charge in [0.05, 0.1) is 16.5 Å². The Bertz CT molecular complexity index is 1280. The van der Waals surface area contributed by atoms with E-state index in [-0.39, 0.29) is 16.3 Å². The molecule has 0 radical (unpaired) electrons. The van der Waals surface area contributed by atoms with Crippen LogP contribution in [0.15, 0.2) is 54.6 Å². The minimum absolute atomic E-state index is 0.00847. The summed E-state index contributed by atoms with van der Waals surface area (Å²) in [6, 6.07) is 12.0. The second kappa shape index (κ2) is 9.51. The third kappa shape index (κ3) is 4.97. The van der Waals surface area contributed by atoms with Crippen molar-refractivity contribution >= 4 is 81.2 Å². The summed E-state index contributed by atoms with van der Waals surface area (Å²) in [4.78, 5) is 25.5. The topological polar surface area (TPSA) is 58.2 Å². The number of rotatable bonds is 5. The standard InChI is InChI=1S/C23H13Cl5F2N2O2/c24-11-6-10(7-12(25)8-11)18-19(23(18,27)28)22(34)31-13-4-5-15(26)14(9-13)21(33)32-20-16(29)2-1-3-17(20)30/h1-9,18-19H,(H,31,34)(H,32,33). The Balaban J connectivity index is 1.53. The molecule has 1 aliphatic carbocycles. The van der Waals surface area contributed by atoms with E-state index in [9.17, 15) is 18.4 Å². The van der Waals surface area contributed by atoms with E-state index in [1.807, 2.05) is 0 Å². The van der Waals surface area contributed by atoms with Gasteiger partial charge in [-0.1, -0.05) is 40.9 Å². The highest BCUT2D eigenvalue weighted by atomic mass is 35.5. The van der Waals surface area contributed by atoms with Crippen LogP contribution in [0.1, 0.15) is 21.8 Å². The number of amides is 2. The second-order valence-electron chi connectivity index (χ2n) is 7.57. The second-order valence-corrected chi connectivity index (χ2v) is 10.3. The fraction of sp³-hybridized carbons (Fsp3) is 0.130. The SMILES string of the molecule is O=C(Nc1c(F)cccc1F)c1cc(NC(=O)C2C(c3cc(Cl)cc(Cl)c3)C2(Cl)Cl)ccc1Cl. The summed E-state index contributed by atoms with van der Waals surface area (Å²) in [7, 11) is 0. The predicted octanol–water partition coefficient (Wildman–Crippen LogP) is 7.70. The van der Waals surface area contributed by atoms with Gasteiger partial charge in [0.1, 0.15) is 21.7 Å². The van der Waals surface area contributed by atoms with Crippen molar-refractivity contribution in [1.29, 1.82) is 0 Å². The maximum absolute atomic E-state index is 13.9. The van der Waals surface area contributed by atoms with Crippen LogP contribution < -0.4 is 10.6 Å². The predicted molar refractivity (Wildman–Crippen MR) is 132 cm³/mol. The summed E-state index contributed by atoms with van der Waals surface area (Å²) in [5.41, 5.74) is 0.0744. The molecule has 0 heterocycles. The van der Waals surface area contributed by atoms with E-state index in [2.05, 4.69) is 10.6 Å². The van der Waals surface area contributed by atoms with Crippen LogP contribution in [0.4, 0.5) is 20.2 Å². The molecule has 2 N–H and O–H groups in total. The first-order valence-corrected chi connectivity index (χ1v) is 11.6. The van der Waals surface area contributed by atoms with Crippen LogP contribution in [0.2, 0.25) is 15.1 Å². The van der Waals surface area contributed by atoms with E-state index in [1.54, 1.807) is 18.2 Å². The number of carbonyl (C=O) groups excluding carboxylic acids is 2. The Kier molecular flexibility index (Phi) is 7.00. The molecule has 0 spiro atoms. The minimum Gasteiger partial charge on any atom is -0.326 e. The molecule has 4 nitrogen and oxygen atoms in total. The van der Waals surface area contributed by atoms with Crippen molar-refractivity contribution in [2.24, 2.45) is 5.92 Å². The molecule has 2 amide bonds. The van der Waals surface area contributed by atoms with Crippen LogP contribution in [0, 0.1) is 17.6 Å². The lowest BCUT2D eigenvalue weighted by atomic mass is 10.1. The molecule has 4 rings (SSSR count). The number of alkyl halides is 2. The highest BCUT2D eigenvalue weighted by Crippen LogP contribution is 2.65. The van der Waals surface area contributed by atoms with Crippen molar-refractivity contribution in [3.8, 4) is 0 Å². The van der Waals surface area contributed by atoms with Gasteiger partial charge in [0.15, 0.2) is 0 Å². The molecular weight excluding hydrogens is 552 g/mol. The van der Waals surface area contributed by atoms with Crippen molar-refractivity contribution in [2.45, 2.75) is 10.3 Å². The largest absolute Gasteiger partial charge is 0.326 e. The summed E-state index contributed by atoms with van der Waals surface area (Å²) in [5.74, 6) is -4.67. The summed E-state index contributed by atoms with van der Waals surface area (Å²) in [6.45, 7) is 0. The van der Waals surface area contributed by atoms with Crippen LogP contribution in [0.5, 0.6) is 0 Å². The van der Waals surface area contributed by atoms with Gasteiger partial charge in [0.2, 0.25) is 5.91 Å². The van der Waals surface area contributed by atoms with Gasteiger partial charge in [-0.05, 0) is 54.1 Å². The van der Waals surface area contributed by atoms with Crippen molar-refractivity contribution < 1.29 is 18.4 Å². The molecule has 0 bridgehead atoms. The number of benzene rings is 3. The zero-order valence-electron chi connectivity index (χ0n) is 16.8. The molecule has 1 fully saturated rings. The fourth-order valence-electron chi connectivity index (χ4n) is 3.62. The maximum Gasteiger partial charge on any atom is 0.257 e. The lowest BCUT2D eigenvalue weighted by molar-refractivity contribution is -0.117. The maximum atomic E-state index is 13.9. The lowest BCUT2D eigenvalue weighted by Crippen LogP contribution is -2.18. The van der Waals surface area contributed by atoms with E-state index in [0.29, 0.717) is 15.6 Å². The first kappa shape index (κ1) is 25.0. The van der Waals surface area contributed by atoms with Crippen LogP contribution >= 0.6 is 58.0 Å². The molecule has 2 atom stereocenters. The van der Waals surface area contributed by atoms with Gasteiger partial charge in [0.25, 0.3) is 5.91 Å². The minimum atomic E-state index is -1.40. The number of hydrogen-bond donors (Lipinski definition) is 2. The zero-order valence-corrected chi connectivity index (χ0v) is 20.6. The molecule has 0 saturated heterocycles. The molecule has 1 saturated carbocycles. The van der Waals surface area contributed by atoms with Gasteiger partial charge in [0, 0.05) is 21.7 Å². The van der Waals surface area contributed by atoms with Gasteiger partial charge < -0.3 is 10.6 Å². The molecular formula is C23H13Cl5F2N2O2. The van der Waals surface area contributed by atoms with Gasteiger partial charge in [-0.3, -0.25) is 9.59 Å². The summed E-state index contributed by atoms with van der Waals surface area (Å²) < 4.78 is 26.4. The number of carbonyl (C=O) groups is 2. The summed E-state index contributed by atoms with van der Waals surface area (Å²) >= 11 is 30.9. The summed E-state index contributed by atoms with van der Waals surface area (Å²) in [6.07, 6.45) is 0. The Morgan fingerprint density at radius 2 is 1.47 bits per heavy atom. The molecule has 11 heteroatoms. The van der Waals surface area contributed by atoms with E-state index < -0.39 is 45.3 Å². The number of hydrogen-bond acceptors (Lipinski definition) is 2. The third-order valence-electron chi connectivity index (χ3n) is 5.26. The van der Waals surface area contributed by atoms with Crippen molar-refractivity contribution in [2.75, 3.05) is 10.6 Å². The average molecular weight is 565 g/mol. The quantitative estimate of drug-likeness (QED) is 0.312. The Hall–Kier alpha value is -2.09. The van der Waals surface area contributed by atoms with Crippen LogP contribution in [0.3, 0.4) is 0 Å². The van der Waals surface area contributed by atoms with E-state index in [1.165, 1.54) is 24.3 Å². The smallest absolute Gasteiger partial charge is 0.257 e. The van der Waals surface area contributed by atoms with E-state index in [4.69, 9.17) is 58.0 Å². The van der Waals surface area contributed by atoms with Gasteiger partial charge in [-0.25, -0.2) is 8.78 Å². The van der Waals surface area contributed by atoms with Crippen LogP contribution in [-0.4, -0.2) is 16.1 Å². The van der Waals surface area contributed by atoms with E-state index in [0.717, 1.165) is 12.1 Å². The van der Waals surface area contributed by atoms with Crippen molar-refractivity contribution in [3.63, 3.8) is 0 Å². The van der Waals surface area contributed by atoms with Gasteiger partial charge in [-0.15, -0.1) is 23.2 Å². The molecule has 3 aromatic carbocycles. The highest BCUT2D eigenvalue weighted by Gasteiger charge is 2.67. The van der Waals surface area contributed by atoms with Crippen molar-refractivity contribution in [3.05, 3.63) is 92.4 Å². The first-order chi connectivity index (χ1) is 16.0. The fourth-order valence-corrected chi connectivity index (χ4v) is 5.19. The average Bonchev–Trinajstić information content (AvgIpc) is 3.33. The van der Waals surface area contributed by atoms with Crippen molar-refractivity contribution in [1.82, 2.24) is 0 Å². The number of halogens is 7. The molecule has 0 aromatic heterocycles. The molecule has 34 heavy (non-hydrogen) atoms. The number of nitrogens with one attached hydrogen (secondary N) is 2. The Morgan fingerprint density at radius 1 is 0.853 bits per heavy atom. The number of anilines is 2. The Labute approximate surface area is 218 Å². The molecule has 2 unspecified atom stereocenters. The Morgan fingerprint density at radius 3 is 2.09 bits per heavy atom. The van der Waals surface area contributed by atoms with Crippen LogP contribution in [-0.2, 0) is 4.79 Å². The zero-order chi connectivity index (χ0) is 24.8. The normalized spacial score (nSPS) is 18.3. The highest BCUT2D eigenvalue weighted by molar-refractivity contribution is 6.53. The van der Waals surface area contributed by atoms with Crippen LogP contribution in [0.25, 0.3) is 0 Å². The first-order valence-electron chi connectivity index (χ1n) is 9.68. The number of para-hydroxylation sites is 1. The molecule has 3 aromatic rings. The van der Waals surface area contributed by atoms with E-state index >= 15 is 0 Å².